The number of nitrogens with zero attached hydrogens (tertiary/aromatic N) is 1. The first-order valence-corrected chi connectivity index (χ1v) is 10.6. The van der Waals surface area contributed by atoms with Gasteiger partial charge in [0, 0.05) is 45.3 Å². The lowest BCUT2D eigenvalue weighted by Crippen LogP contribution is -2.35. The van der Waals surface area contributed by atoms with E-state index in [4.69, 9.17) is 18.9 Å². The lowest BCUT2D eigenvalue weighted by molar-refractivity contribution is -0.139. The van der Waals surface area contributed by atoms with Crippen molar-refractivity contribution in [3.05, 3.63) is 0 Å². The third-order valence-corrected chi connectivity index (χ3v) is 4.47. The highest BCUT2D eigenvalue weighted by atomic mass is 16.6. The van der Waals surface area contributed by atoms with Crippen molar-refractivity contribution in [2.75, 3.05) is 73.0 Å². The summed E-state index contributed by atoms with van der Waals surface area (Å²) in [5, 5.41) is 5.21. The highest BCUT2D eigenvalue weighted by molar-refractivity contribution is 6.03. The molecule has 0 aliphatic carbocycles. The largest absolute Gasteiger partial charge is 0.379 e. The Bertz CT molecular complexity index is 573. The Morgan fingerprint density at radius 1 is 0.871 bits per heavy atom. The maximum atomic E-state index is 11.8. The first-order valence-electron chi connectivity index (χ1n) is 10.6. The summed E-state index contributed by atoms with van der Waals surface area (Å²) in [6, 6.07) is 0. The van der Waals surface area contributed by atoms with Crippen molar-refractivity contribution >= 4 is 23.6 Å². The molecule has 1 saturated heterocycles. The molecule has 0 saturated carbocycles. The molecular weight excluding hydrogens is 410 g/mol. The minimum atomic E-state index is -0.293. The van der Waals surface area contributed by atoms with Gasteiger partial charge in [0.05, 0.1) is 52.9 Å². The van der Waals surface area contributed by atoms with Crippen molar-refractivity contribution in [3.63, 3.8) is 0 Å². The van der Waals surface area contributed by atoms with Crippen molar-refractivity contribution < 1.29 is 38.1 Å². The molecule has 11 heteroatoms. The zero-order valence-electron chi connectivity index (χ0n) is 18.5. The van der Waals surface area contributed by atoms with Crippen LogP contribution in [0.1, 0.15) is 26.2 Å². The summed E-state index contributed by atoms with van der Waals surface area (Å²) < 4.78 is 21.3. The van der Waals surface area contributed by atoms with E-state index in [1.807, 2.05) is 0 Å². The minimum Gasteiger partial charge on any atom is -0.379 e. The van der Waals surface area contributed by atoms with Gasteiger partial charge in [0.15, 0.2) is 0 Å². The first kappa shape index (κ1) is 27.0. The zero-order valence-corrected chi connectivity index (χ0v) is 18.5. The number of likely N-dealkylation sites (tertiary alicyclic amines) is 1. The van der Waals surface area contributed by atoms with E-state index in [9.17, 15) is 19.2 Å². The molecule has 2 N–H and O–H groups in total. The van der Waals surface area contributed by atoms with Gasteiger partial charge in [-0.2, -0.15) is 0 Å². The van der Waals surface area contributed by atoms with Gasteiger partial charge >= 0.3 is 0 Å². The smallest absolute Gasteiger partial charge is 0.232 e. The molecule has 0 radical (unpaired) electrons. The number of imide groups is 1. The lowest BCUT2D eigenvalue weighted by Gasteiger charge is -2.14. The van der Waals surface area contributed by atoms with Gasteiger partial charge in [0.25, 0.3) is 0 Å². The Labute approximate surface area is 183 Å². The van der Waals surface area contributed by atoms with Crippen LogP contribution in [0.15, 0.2) is 0 Å². The van der Waals surface area contributed by atoms with Crippen molar-refractivity contribution in [1.29, 1.82) is 0 Å². The van der Waals surface area contributed by atoms with Crippen molar-refractivity contribution in [3.8, 4) is 0 Å². The summed E-state index contributed by atoms with van der Waals surface area (Å²) in [5.74, 6) is -1.00. The number of nitrogens with one attached hydrogen (secondary N) is 2. The SMILES string of the molecule is CNC(=O)CCOCCOCCOCCOCCNC(=O)CCN1C(=O)CC(C)C1=O. The minimum absolute atomic E-state index is 0.0542. The third-order valence-electron chi connectivity index (χ3n) is 4.47. The molecule has 0 aromatic heterocycles. The Hall–Kier alpha value is -2.08. The van der Waals surface area contributed by atoms with E-state index in [-0.39, 0.29) is 48.9 Å². The molecule has 1 rings (SSSR count). The number of hydrogen-bond donors (Lipinski definition) is 2. The maximum Gasteiger partial charge on any atom is 0.232 e. The second kappa shape index (κ2) is 16.6. The molecule has 0 aromatic rings. The van der Waals surface area contributed by atoms with Crippen LogP contribution in [0.5, 0.6) is 0 Å². The molecule has 1 atom stereocenters. The van der Waals surface area contributed by atoms with Gasteiger partial charge in [-0.15, -0.1) is 0 Å². The predicted molar refractivity (Wildman–Crippen MR) is 110 cm³/mol. The van der Waals surface area contributed by atoms with E-state index in [0.717, 1.165) is 4.90 Å². The van der Waals surface area contributed by atoms with Crippen LogP contribution in [0.2, 0.25) is 0 Å². The van der Waals surface area contributed by atoms with Crippen LogP contribution in [0.4, 0.5) is 0 Å². The molecule has 1 unspecified atom stereocenters. The molecule has 1 heterocycles. The standard InChI is InChI=1S/C20H35N3O8/c1-16-15-19(26)23(20(16)27)6-3-18(25)22-5-8-29-10-12-31-14-13-30-11-9-28-7-4-17(24)21-2/h16H,3-15H2,1-2H3,(H,21,24)(H,22,25). The number of carbonyl (C=O) groups excluding carboxylic acids is 4. The summed E-state index contributed by atoms with van der Waals surface area (Å²) in [7, 11) is 1.59. The maximum absolute atomic E-state index is 11.8. The van der Waals surface area contributed by atoms with Crippen LogP contribution >= 0.6 is 0 Å². The zero-order chi connectivity index (χ0) is 22.9. The van der Waals surface area contributed by atoms with Crippen LogP contribution in [-0.2, 0) is 38.1 Å². The lowest BCUT2D eigenvalue weighted by atomic mass is 10.1. The van der Waals surface area contributed by atoms with E-state index >= 15 is 0 Å². The molecule has 1 aliphatic rings. The first-order chi connectivity index (χ1) is 15.0. The molecule has 4 amide bonds. The Morgan fingerprint density at radius 2 is 1.42 bits per heavy atom. The summed E-state index contributed by atoms with van der Waals surface area (Å²) in [4.78, 5) is 47.3. The molecule has 178 valence electrons. The van der Waals surface area contributed by atoms with Gasteiger partial charge in [-0.25, -0.2) is 0 Å². The Balaban J connectivity index is 1.82. The summed E-state index contributed by atoms with van der Waals surface area (Å²) >= 11 is 0. The quantitative estimate of drug-likeness (QED) is 0.205. The molecule has 1 fully saturated rings. The summed E-state index contributed by atoms with van der Waals surface area (Å²) in [6.45, 7) is 5.44. The Morgan fingerprint density at radius 3 is 1.94 bits per heavy atom. The van der Waals surface area contributed by atoms with Crippen LogP contribution < -0.4 is 10.6 Å². The average molecular weight is 446 g/mol. The molecule has 0 spiro atoms. The van der Waals surface area contributed by atoms with Crippen LogP contribution in [0.3, 0.4) is 0 Å². The molecule has 0 aromatic carbocycles. The van der Waals surface area contributed by atoms with Gasteiger partial charge in [-0.3, -0.25) is 24.1 Å². The fourth-order valence-electron chi connectivity index (χ4n) is 2.70. The summed E-state index contributed by atoms with van der Waals surface area (Å²) in [5.41, 5.74) is 0. The van der Waals surface area contributed by atoms with Gasteiger partial charge in [0.1, 0.15) is 0 Å². The fourth-order valence-corrected chi connectivity index (χ4v) is 2.70. The second-order valence-corrected chi connectivity index (χ2v) is 6.96. The number of amides is 4. The van der Waals surface area contributed by atoms with E-state index < -0.39 is 0 Å². The number of ether oxygens (including phenoxy) is 4. The van der Waals surface area contributed by atoms with E-state index in [0.29, 0.717) is 65.8 Å². The van der Waals surface area contributed by atoms with E-state index in [2.05, 4.69) is 10.6 Å². The van der Waals surface area contributed by atoms with Crippen LogP contribution in [0.25, 0.3) is 0 Å². The summed E-state index contributed by atoms with van der Waals surface area (Å²) in [6.07, 6.45) is 0.646. The highest BCUT2D eigenvalue weighted by Gasteiger charge is 2.35. The van der Waals surface area contributed by atoms with Gasteiger partial charge < -0.3 is 29.6 Å². The van der Waals surface area contributed by atoms with Crippen molar-refractivity contribution in [2.45, 2.75) is 26.2 Å². The van der Waals surface area contributed by atoms with Gasteiger partial charge in [-0.1, -0.05) is 6.92 Å². The molecular formula is C20H35N3O8. The predicted octanol–water partition coefficient (Wildman–Crippen LogP) is -0.910. The molecule has 0 bridgehead atoms. The molecule has 11 nitrogen and oxygen atoms in total. The monoisotopic (exact) mass is 445 g/mol. The molecule has 1 aliphatic heterocycles. The fraction of sp³-hybridized carbons (Fsp3) is 0.800. The van der Waals surface area contributed by atoms with E-state index in [1.54, 1.807) is 14.0 Å². The second-order valence-electron chi connectivity index (χ2n) is 6.96. The topological polar surface area (TPSA) is 132 Å². The van der Waals surface area contributed by atoms with Gasteiger partial charge in [0.2, 0.25) is 23.6 Å². The van der Waals surface area contributed by atoms with E-state index in [1.165, 1.54) is 0 Å². The van der Waals surface area contributed by atoms with Gasteiger partial charge in [-0.05, 0) is 0 Å². The molecule has 31 heavy (non-hydrogen) atoms. The third kappa shape index (κ3) is 12.4. The number of carbonyl (C=O) groups is 4. The van der Waals surface area contributed by atoms with Crippen molar-refractivity contribution in [2.24, 2.45) is 5.92 Å². The number of hydrogen-bond acceptors (Lipinski definition) is 8. The van der Waals surface area contributed by atoms with Crippen molar-refractivity contribution in [1.82, 2.24) is 15.5 Å². The average Bonchev–Trinajstić information content (AvgIpc) is 3.00. The normalized spacial score (nSPS) is 16.1. The highest BCUT2D eigenvalue weighted by Crippen LogP contribution is 2.18. The Kier molecular flexibility index (Phi) is 14.4. The number of rotatable bonds is 18. The van der Waals surface area contributed by atoms with Crippen LogP contribution in [0, 0.1) is 5.92 Å². The van der Waals surface area contributed by atoms with Crippen LogP contribution in [-0.4, -0.2) is 102 Å².